The monoisotopic (exact) mass is 452 g/mol. The van der Waals surface area contributed by atoms with Gasteiger partial charge in [-0.25, -0.2) is 23.1 Å². The molecule has 0 N–H and O–H groups in total. The molecule has 1 aromatic carbocycles. The molecule has 11 heteroatoms. The van der Waals surface area contributed by atoms with E-state index in [1.165, 1.54) is 23.5 Å². The fraction of sp³-hybridized carbons (Fsp3) is 0.350. The second kappa shape index (κ2) is 7.72. The highest BCUT2D eigenvalue weighted by Crippen LogP contribution is 2.46. The Hall–Kier alpha value is -2.79. The Kier molecular flexibility index (Phi) is 5.34. The molecule has 3 heterocycles. The van der Waals surface area contributed by atoms with E-state index in [4.69, 9.17) is 4.74 Å². The van der Waals surface area contributed by atoms with Crippen molar-refractivity contribution in [1.29, 1.82) is 0 Å². The number of benzene rings is 1. The second-order valence-electron chi connectivity index (χ2n) is 7.47. The van der Waals surface area contributed by atoms with Crippen LogP contribution >= 0.6 is 0 Å². The first-order chi connectivity index (χ1) is 14.6. The third-order valence-electron chi connectivity index (χ3n) is 5.31. The van der Waals surface area contributed by atoms with Crippen LogP contribution in [0.5, 0.6) is 0 Å². The molecule has 0 aliphatic carbocycles. The molecule has 1 fully saturated rings. The number of halogens is 3. The van der Waals surface area contributed by atoms with Gasteiger partial charge in [-0.1, -0.05) is 13.0 Å². The number of rotatable bonds is 4. The van der Waals surface area contributed by atoms with Crippen LogP contribution < -0.4 is 0 Å². The summed E-state index contributed by atoms with van der Waals surface area (Å²) in [5, 5.41) is 3.97. The first-order valence-electron chi connectivity index (χ1n) is 9.51. The van der Waals surface area contributed by atoms with Gasteiger partial charge in [-0.2, -0.15) is 18.3 Å². The van der Waals surface area contributed by atoms with Gasteiger partial charge in [0.1, 0.15) is 12.7 Å². The van der Waals surface area contributed by atoms with Gasteiger partial charge in [0.05, 0.1) is 10.5 Å². The van der Waals surface area contributed by atoms with Gasteiger partial charge in [-0.05, 0) is 49.1 Å². The highest BCUT2D eigenvalue weighted by Gasteiger charge is 2.51. The smallest absolute Gasteiger partial charge is 0.354 e. The summed E-state index contributed by atoms with van der Waals surface area (Å²) in [6, 6.07) is 6.85. The van der Waals surface area contributed by atoms with Gasteiger partial charge in [0.25, 0.3) is 0 Å². The summed E-state index contributed by atoms with van der Waals surface area (Å²) in [5.74, 6) is 0.390. The van der Waals surface area contributed by atoms with E-state index in [2.05, 4.69) is 15.1 Å². The number of ether oxygens (including phenoxy) is 1. The molecule has 1 aliphatic rings. The molecular formula is C20H19F3N4O3S. The van der Waals surface area contributed by atoms with Crippen LogP contribution in [0.25, 0.3) is 5.82 Å². The van der Waals surface area contributed by atoms with E-state index >= 15 is 0 Å². The third-order valence-corrected chi connectivity index (χ3v) is 7.57. The van der Waals surface area contributed by atoms with Crippen molar-refractivity contribution in [3.05, 3.63) is 66.4 Å². The Labute approximate surface area is 176 Å². The zero-order chi connectivity index (χ0) is 22.3. The summed E-state index contributed by atoms with van der Waals surface area (Å²) in [4.78, 5) is 5.82. The second-order valence-corrected chi connectivity index (χ2v) is 9.61. The zero-order valence-electron chi connectivity index (χ0n) is 16.5. The molecule has 164 valence electrons. The van der Waals surface area contributed by atoms with Gasteiger partial charge < -0.3 is 4.74 Å². The minimum absolute atomic E-state index is 0.0238. The summed E-state index contributed by atoms with van der Waals surface area (Å²) < 4.78 is 74.3. The topological polar surface area (TPSA) is 87.0 Å². The number of alkyl halides is 3. The van der Waals surface area contributed by atoms with Gasteiger partial charge in [0.15, 0.2) is 10.8 Å². The molecule has 31 heavy (non-hydrogen) atoms. The van der Waals surface area contributed by atoms with Crippen molar-refractivity contribution in [2.45, 2.75) is 35.8 Å². The van der Waals surface area contributed by atoms with E-state index in [0.29, 0.717) is 18.3 Å². The van der Waals surface area contributed by atoms with Crippen LogP contribution in [0, 0.1) is 5.92 Å². The van der Waals surface area contributed by atoms with Crippen LogP contribution in [-0.4, -0.2) is 34.8 Å². The normalized spacial score (nSPS) is 22.4. The highest BCUT2D eigenvalue weighted by atomic mass is 32.2. The largest absolute Gasteiger partial charge is 0.416 e. The molecule has 0 bridgehead atoms. The molecule has 7 nitrogen and oxygen atoms in total. The Morgan fingerprint density at radius 1 is 1.23 bits per heavy atom. The Balaban J connectivity index is 1.83. The minimum Gasteiger partial charge on any atom is -0.354 e. The van der Waals surface area contributed by atoms with Crippen LogP contribution in [0.4, 0.5) is 13.2 Å². The molecule has 1 aliphatic heterocycles. The van der Waals surface area contributed by atoms with E-state index in [-0.39, 0.29) is 24.5 Å². The molecule has 2 unspecified atom stereocenters. The lowest BCUT2D eigenvalue weighted by Gasteiger charge is -2.39. The standard InChI is InChI=1S/C20H19F3N4O3S/c1-14-7-8-30-19(10-14,16-5-6-18(25-11-16)27-13-24-12-26-27)31(28,29)17-4-2-3-15(9-17)20(21,22)23/h2-6,9,11-14H,7-8,10H2,1H3. The van der Waals surface area contributed by atoms with Crippen molar-refractivity contribution in [2.75, 3.05) is 6.61 Å². The molecular weight excluding hydrogens is 433 g/mol. The van der Waals surface area contributed by atoms with Gasteiger partial charge in [-0.3, -0.25) is 0 Å². The molecule has 0 saturated carbocycles. The van der Waals surface area contributed by atoms with E-state index in [1.54, 1.807) is 12.1 Å². The summed E-state index contributed by atoms with van der Waals surface area (Å²) >= 11 is 0. The molecule has 2 aromatic heterocycles. The summed E-state index contributed by atoms with van der Waals surface area (Å²) in [6.45, 7) is 2.04. The van der Waals surface area contributed by atoms with Gasteiger partial charge >= 0.3 is 6.18 Å². The van der Waals surface area contributed by atoms with E-state index in [1.807, 2.05) is 6.92 Å². The van der Waals surface area contributed by atoms with Crippen LogP contribution in [0.15, 0.2) is 60.1 Å². The lowest BCUT2D eigenvalue weighted by Crippen LogP contribution is -2.44. The maximum absolute atomic E-state index is 13.7. The maximum atomic E-state index is 13.7. The molecule has 0 amide bonds. The molecule has 0 spiro atoms. The lowest BCUT2D eigenvalue weighted by atomic mass is 9.93. The molecule has 3 aromatic rings. The van der Waals surface area contributed by atoms with Crippen molar-refractivity contribution >= 4 is 9.84 Å². The highest BCUT2D eigenvalue weighted by molar-refractivity contribution is 7.92. The molecule has 2 atom stereocenters. The summed E-state index contributed by atoms with van der Waals surface area (Å²) in [6.07, 6.45) is 0.207. The van der Waals surface area contributed by atoms with E-state index in [0.717, 1.165) is 18.2 Å². The first-order valence-corrected chi connectivity index (χ1v) is 11.0. The molecule has 4 rings (SSSR count). The average Bonchev–Trinajstić information content (AvgIpc) is 3.28. The Bertz CT molecular complexity index is 1170. The van der Waals surface area contributed by atoms with Gasteiger partial charge in [0.2, 0.25) is 9.84 Å². The number of hydrogen-bond acceptors (Lipinski definition) is 6. The number of aromatic nitrogens is 4. The summed E-state index contributed by atoms with van der Waals surface area (Å²) in [5.41, 5.74) is -0.785. The summed E-state index contributed by atoms with van der Waals surface area (Å²) in [7, 11) is -4.36. The van der Waals surface area contributed by atoms with Crippen molar-refractivity contribution in [2.24, 2.45) is 5.92 Å². The lowest BCUT2D eigenvalue weighted by molar-refractivity contribution is -0.137. The molecule has 0 radical (unpaired) electrons. The van der Waals surface area contributed by atoms with E-state index in [9.17, 15) is 21.6 Å². The Morgan fingerprint density at radius 3 is 2.65 bits per heavy atom. The van der Waals surface area contributed by atoms with Crippen molar-refractivity contribution in [1.82, 2.24) is 19.7 Å². The van der Waals surface area contributed by atoms with Crippen molar-refractivity contribution < 1.29 is 26.3 Å². The predicted molar refractivity (Wildman–Crippen MR) is 104 cm³/mol. The third kappa shape index (κ3) is 3.83. The first kappa shape index (κ1) is 21.4. The number of nitrogens with zero attached hydrogens (tertiary/aromatic N) is 4. The fourth-order valence-corrected chi connectivity index (χ4v) is 5.79. The van der Waals surface area contributed by atoms with Crippen LogP contribution in [0.3, 0.4) is 0 Å². The number of sulfone groups is 1. The fourth-order valence-electron chi connectivity index (χ4n) is 3.69. The van der Waals surface area contributed by atoms with Crippen LogP contribution in [0.1, 0.15) is 30.9 Å². The average molecular weight is 452 g/mol. The number of hydrogen-bond donors (Lipinski definition) is 0. The van der Waals surface area contributed by atoms with E-state index < -0.39 is 31.4 Å². The quantitative estimate of drug-likeness (QED) is 0.599. The van der Waals surface area contributed by atoms with Crippen LogP contribution in [0.2, 0.25) is 0 Å². The minimum atomic E-state index is -4.67. The van der Waals surface area contributed by atoms with Crippen molar-refractivity contribution in [3.8, 4) is 5.82 Å². The SMILES string of the molecule is CC1CCOC(c2ccc(-n3cncn3)nc2)(S(=O)(=O)c2cccc(C(F)(F)F)c2)C1. The zero-order valence-corrected chi connectivity index (χ0v) is 17.3. The van der Waals surface area contributed by atoms with Crippen molar-refractivity contribution in [3.63, 3.8) is 0 Å². The maximum Gasteiger partial charge on any atom is 0.416 e. The van der Waals surface area contributed by atoms with Crippen LogP contribution in [-0.2, 0) is 25.7 Å². The van der Waals surface area contributed by atoms with Gasteiger partial charge in [-0.15, -0.1) is 0 Å². The number of pyridine rings is 1. The Morgan fingerprint density at radius 2 is 2.03 bits per heavy atom. The molecule has 1 saturated heterocycles. The van der Waals surface area contributed by atoms with Gasteiger partial charge in [0, 0.05) is 18.4 Å². The predicted octanol–water partition coefficient (Wildman–Crippen LogP) is 3.75.